The van der Waals surface area contributed by atoms with Crippen LogP contribution in [0, 0.1) is 0 Å². The van der Waals surface area contributed by atoms with Crippen molar-refractivity contribution in [2.24, 2.45) is 0 Å². The molecule has 7 heteroatoms. The van der Waals surface area contributed by atoms with Gasteiger partial charge < -0.3 is 23.4 Å². The van der Waals surface area contributed by atoms with Crippen LogP contribution in [0.1, 0.15) is 20.8 Å². The van der Waals surface area contributed by atoms with Gasteiger partial charge in [-0.1, -0.05) is 111 Å². The summed E-state index contributed by atoms with van der Waals surface area (Å²) in [6.45, 7) is 7.21. The first-order chi connectivity index (χ1) is 18.4. The predicted molar refractivity (Wildman–Crippen MR) is 157 cm³/mol. The van der Waals surface area contributed by atoms with Crippen molar-refractivity contribution >= 4 is 30.5 Å². The van der Waals surface area contributed by atoms with Gasteiger partial charge in [-0.2, -0.15) is 0 Å². The van der Waals surface area contributed by atoms with E-state index >= 15 is 0 Å². The van der Waals surface area contributed by atoms with Crippen molar-refractivity contribution in [3.05, 3.63) is 91.0 Å². The fourth-order valence-corrected chi connectivity index (χ4v) is 11.3. The normalized spacial score (nSPS) is 24.3. The molecule has 1 fully saturated rings. The van der Waals surface area contributed by atoms with Crippen molar-refractivity contribution in [2.45, 2.75) is 60.6 Å². The summed E-state index contributed by atoms with van der Waals surface area (Å²) < 4.78 is 31.9. The topological polar surface area (TPSA) is 46.2 Å². The molecule has 5 atom stereocenters. The van der Waals surface area contributed by atoms with E-state index in [-0.39, 0.29) is 34.9 Å². The quantitative estimate of drug-likeness (QED) is 0.325. The second-order valence-electron chi connectivity index (χ2n) is 10.5. The van der Waals surface area contributed by atoms with Crippen LogP contribution in [0.2, 0.25) is 5.04 Å². The lowest BCUT2D eigenvalue weighted by atomic mass is 9.99. The summed E-state index contributed by atoms with van der Waals surface area (Å²) in [6.07, 6.45) is -1.32. The van der Waals surface area contributed by atoms with Crippen LogP contribution < -0.4 is 10.4 Å². The molecule has 4 rings (SSSR count). The van der Waals surface area contributed by atoms with E-state index in [1.54, 1.807) is 33.1 Å². The third kappa shape index (κ3) is 5.94. The largest absolute Gasteiger partial charge is 0.405 e. The van der Waals surface area contributed by atoms with Crippen LogP contribution in [0.4, 0.5) is 0 Å². The van der Waals surface area contributed by atoms with Gasteiger partial charge in [0.1, 0.15) is 29.9 Å². The Morgan fingerprint density at radius 3 is 1.61 bits per heavy atom. The molecule has 0 bridgehead atoms. The second-order valence-corrected chi connectivity index (χ2v) is 16.0. The SMILES string of the molecule is CO[C@@H]1[C@@H](OC)[C@@H](Sc2ccccc2)O[C@H](CO[Si](c2ccccc2)(c2ccccc2)C(C)(C)C)[C@H]1OC. The third-order valence-electron chi connectivity index (χ3n) is 7.28. The van der Waals surface area contributed by atoms with E-state index in [4.69, 9.17) is 23.4 Å². The van der Waals surface area contributed by atoms with Gasteiger partial charge >= 0.3 is 0 Å². The summed E-state index contributed by atoms with van der Waals surface area (Å²) in [5.41, 5.74) is -0.286. The van der Waals surface area contributed by atoms with Crippen molar-refractivity contribution in [2.75, 3.05) is 27.9 Å². The van der Waals surface area contributed by atoms with Crippen LogP contribution in [0.25, 0.3) is 0 Å². The maximum absolute atomic E-state index is 7.23. The van der Waals surface area contributed by atoms with Crippen LogP contribution >= 0.6 is 11.8 Å². The minimum atomic E-state index is -2.74. The van der Waals surface area contributed by atoms with E-state index in [1.807, 2.05) is 18.2 Å². The van der Waals surface area contributed by atoms with E-state index in [2.05, 4.69) is 93.6 Å². The van der Waals surface area contributed by atoms with Gasteiger partial charge in [0.05, 0.1) is 6.61 Å². The fraction of sp³-hybridized carbons (Fsp3) is 0.419. The van der Waals surface area contributed by atoms with Crippen molar-refractivity contribution in [3.8, 4) is 0 Å². The number of rotatable bonds is 10. The second kappa shape index (κ2) is 12.9. The summed E-state index contributed by atoms with van der Waals surface area (Å²) in [6, 6.07) is 31.5. The number of ether oxygens (including phenoxy) is 4. The van der Waals surface area contributed by atoms with Gasteiger partial charge in [0.25, 0.3) is 8.32 Å². The molecule has 0 radical (unpaired) electrons. The highest BCUT2D eigenvalue weighted by Crippen LogP contribution is 2.39. The molecule has 0 amide bonds. The zero-order valence-corrected chi connectivity index (χ0v) is 25.0. The van der Waals surface area contributed by atoms with Crippen LogP contribution in [0.5, 0.6) is 0 Å². The first kappa shape index (κ1) is 29.0. The molecule has 0 aromatic heterocycles. The van der Waals surface area contributed by atoms with Crippen molar-refractivity contribution < 1.29 is 23.4 Å². The van der Waals surface area contributed by atoms with Crippen molar-refractivity contribution in [3.63, 3.8) is 0 Å². The summed E-state index contributed by atoms with van der Waals surface area (Å²) in [5, 5.41) is 2.33. The highest BCUT2D eigenvalue weighted by Gasteiger charge is 2.53. The molecule has 0 spiro atoms. The van der Waals surface area contributed by atoms with Crippen LogP contribution in [0.15, 0.2) is 95.9 Å². The smallest absolute Gasteiger partial charge is 0.261 e. The minimum absolute atomic E-state index is 0.138. The Labute approximate surface area is 232 Å². The molecule has 38 heavy (non-hydrogen) atoms. The zero-order chi connectivity index (χ0) is 27.2. The van der Waals surface area contributed by atoms with Gasteiger partial charge in [0, 0.05) is 26.2 Å². The summed E-state index contributed by atoms with van der Waals surface area (Å²) in [7, 11) is 2.36. The number of thioether (sulfide) groups is 1. The molecule has 5 nitrogen and oxygen atoms in total. The number of benzene rings is 3. The lowest BCUT2D eigenvalue weighted by Crippen LogP contribution is -2.68. The molecular formula is C31H40O5SSi. The first-order valence-electron chi connectivity index (χ1n) is 13.1. The maximum Gasteiger partial charge on any atom is 0.261 e. The molecule has 1 heterocycles. The molecular weight excluding hydrogens is 512 g/mol. The predicted octanol–water partition coefficient (Wildman–Crippen LogP) is 5.13. The minimum Gasteiger partial charge on any atom is -0.405 e. The molecule has 3 aromatic rings. The molecule has 3 aromatic carbocycles. The van der Waals surface area contributed by atoms with Gasteiger partial charge in [0.2, 0.25) is 0 Å². The lowest BCUT2D eigenvalue weighted by Gasteiger charge is -2.47. The van der Waals surface area contributed by atoms with Gasteiger partial charge in [-0.15, -0.1) is 0 Å². The third-order valence-corrected chi connectivity index (χ3v) is 13.4. The van der Waals surface area contributed by atoms with E-state index in [9.17, 15) is 0 Å². The molecule has 0 N–H and O–H groups in total. The van der Waals surface area contributed by atoms with E-state index < -0.39 is 8.32 Å². The Morgan fingerprint density at radius 2 is 1.16 bits per heavy atom. The van der Waals surface area contributed by atoms with Gasteiger partial charge in [-0.25, -0.2) is 0 Å². The summed E-state index contributed by atoms with van der Waals surface area (Å²) >= 11 is 1.64. The Morgan fingerprint density at radius 1 is 0.684 bits per heavy atom. The molecule has 0 saturated carbocycles. The Bertz CT molecular complexity index is 1070. The van der Waals surface area contributed by atoms with Crippen molar-refractivity contribution in [1.82, 2.24) is 0 Å². The average molecular weight is 553 g/mol. The lowest BCUT2D eigenvalue weighted by molar-refractivity contribution is -0.226. The number of hydrogen-bond donors (Lipinski definition) is 0. The van der Waals surface area contributed by atoms with Crippen LogP contribution in [-0.2, 0) is 23.4 Å². The van der Waals surface area contributed by atoms with Crippen molar-refractivity contribution in [1.29, 1.82) is 0 Å². The standard InChI is InChI=1S/C31H40O5SSi/c1-31(2,3)38(24-18-12-8-13-19-24,25-20-14-9-15-21-25)35-22-26-27(32-4)28(33-5)29(34-6)30(36-26)37-23-16-10-7-11-17-23/h7-21,26-30H,22H2,1-6H3/t26-,27-,28+,29-,30-/m1/s1. The van der Waals surface area contributed by atoms with Crippen LogP contribution in [-0.4, -0.2) is 66.1 Å². The van der Waals surface area contributed by atoms with E-state index in [0.29, 0.717) is 6.61 Å². The fourth-order valence-electron chi connectivity index (χ4n) is 5.51. The Kier molecular flexibility index (Phi) is 9.87. The van der Waals surface area contributed by atoms with Gasteiger partial charge in [-0.05, 0) is 27.5 Å². The van der Waals surface area contributed by atoms with Gasteiger partial charge in [0.15, 0.2) is 0 Å². The molecule has 0 unspecified atom stereocenters. The highest BCUT2D eigenvalue weighted by molar-refractivity contribution is 7.99. The highest BCUT2D eigenvalue weighted by atomic mass is 32.2. The average Bonchev–Trinajstić information content (AvgIpc) is 2.94. The molecule has 1 aliphatic rings. The maximum atomic E-state index is 7.23. The number of hydrogen-bond acceptors (Lipinski definition) is 6. The Hall–Kier alpha value is -1.97. The molecule has 1 saturated heterocycles. The van der Waals surface area contributed by atoms with E-state index in [0.717, 1.165) is 4.90 Å². The van der Waals surface area contributed by atoms with Gasteiger partial charge in [-0.3, -0.25) is 0 Å². The Balaban J connectivity index is 1.70. The summed E-state index contributed by atoms with van der Waals surface area (Å²) in [4.78, 5) is 1.11. The van der Waals surface area contributed by atoms with Crippen LogP contribution in [0.3, 0.4) is 0 Å². The molecule has 0 aliphatic carbocycles. The zero-order valence-electron chi connectivity index (χ0n) is 23.2. The first-order valence-corrected chi connectivity index (χ1v) is 15.8. The molecule has 1 aliphatic heterocycles. The molecule has 204 valence electrons. The summed E-state index contributed by atoms with van der Waals surface area (Å²) in [5.74, 6) is 0. The number of methoxy groups -OCH3 is 3. The monoisotopic (exact) mass is 552 g/mol. The van der Waals surface area contributed by atoms with E-state index in [1.165, 1.54) is 10.4 Å².